The van der Waals surface area contributed by atoms with E-state index in [1.54, 1.807) is 30.3 Å². The summed E-state index contributed by atoms with van der Waals surface area (Å²) in [6.07, 6.45) is -0.942. The van der Waals surface area contributed by atoms with Crippen molar-refractivity contribution < 1.29 is 23.8 Å². The molecule has 1 aliphatic rings. The number of rotatable bonds is 9. The van der Waals surface area contributed by atoms with Crippen molar-refractivity contribution in [3.8, 4) is 5.75 Å². The first kappa shape index (κ1) is 23.6. The SMILES string of the molecule is CC(C)COc1ccc(NC2NC(=O)N(CCO)C(=O)N2Cc2ccc(Cl)cc2)cc1F. The summed E-state index contributed by atoms with van der Waals surface area (Å²) in [6, 6.07) is 10.0. The molecule has 1 unspecified atom stereocenters. The van der Waals surface area contributed by atoms with Crippen LogP contribution in [0.5, 0.6) is 5.75 Å². The maximum atomic E-state index is 14.5. The van der Waals surface area contributed by atoms with Crippen molar-refractivity contribution in [1.82, 2.24) is 15.1 Å². The second kappa shape index (κ2) is 10.5. The van der Waals surface area contributed by atoms with E-state index in [2.05, 4.69) is 10.6 Å². The van der Waals surface area contributed by atoms with E-state index in [0.717, 1.165) is 10.5 Å². The topological polar surface area (TPSA) is 94.1 Å². The third kappa shape index (κ3) is 5.80. The summed E-state index contributed by atoms with van der Waals surface area (Å²) in [5, 5.41) is 15.4. The van der Waals surface area contributed by atoms with Gasteiger partial charge >= 0.3 is 12.1 Å². The lowest BCUT2D eigenvalue weighted by Gasteiger charge is -2.41. The number of hydrogen-bond acceptors (Lipinski definition) is 5. The molecule has 0 radical (unpaired) electrons. The van der Waals surface area contributed by atoms with E-state index in [-0.39, 0.29) is 31.4 Å². The normalized spacial score (nSPS) is 16.4. The summed E-state index contributed by atoms with van der Waals surface area (Å²) >= 11 is 5.94. The Labute approximate surface area is 190 Å². The van der Waals surface area contributed by atoms with Crippen molar-refractivity contribution in [2.75, 3.05) is 25.1 Å². The van der Waals surface area contributed by atoms with Crippen LogP contribution in [0.3, 0.4) is 0 Å². The summed E-state index contributed by atoms with van der Waals surface area (Å²) < 4.78 is 19.9. The van der Waals surface area contributed by atoms with Crippen molar-refractivity contribution in [2.45, 2.75) is 26.7 Å². The fourth-order valence-electron chi connectivity index (χ4n) is 3.10. The number of imide groups is 1. The molecule has 0 bridgehead atoms. The lowest BCUT2D eigenvalue weighted by molar-refractivity contribution is 0.0992. The monoisotopic (exact) mass is 464 g/mol. The number of aliphatic hydroxyl groups excluding tert-OH is 1. The Balaban J connectivity index is 1.81. The number of ether oxygens (including phenoxy) is 1. The molecule has 4 amide bonds. The molecule has 172 valence electrons. The van der Waals surface area contributed by atoms with Gasteiger partial charge in [0.25, 0.3) is 0 Å². The zero-order valence-electron chi connectivity index (χ0n) is 17.8. The maximum Gasteiger partial charge on any atom is 0.331 e. The van der Waals surface area contributed by atoms with Gasteiger partial charge in [-0.1, -0.05) is 37.6 Å². The maximum absolute atomic E-state index is 14.5. The summed E-state index contributed by atoms with van der Waals surface area (Å²) in [4.78, 5) is 27.7. The van der Waals surface area contributed by atoms with Gasteiger partial charge in [-0.25, -0.2) is 18.9 Å². The number of carbonyl (C=O) groups is 2. The van der Waals surface area contributed by atoms with Crippen LogP contribution in [-0.2, 0) is 6.54 Å². The number of aliphatic hydroxyl groups is 1. The zero-order chi connectivity index (χ0) is 23.3. The van der Waals surface area contributed by atoms with E-state index >= 15 is 0 Å². The second-order valence-corrected chi connectivity index (χ2v) is 8.20. The van der Waals surface area contributed by atoms with Gasteiger partial charge in [0.2, 0.25) is 0 Å². The molecule has 3 N–H and O–H groups in total. The molecule has 0 aromatic heterocycles. The van der Waals surface area contributed by atoms with Gasteiger partial charge in [-0.3, -0.25) is 10.2 Å². The molecule has 0 aliphatic carbocycles. The second-order valence-electron chi connectivity index (χ2n) is 7.76. The van der Waals surface area contributed by atoms with Crippen LogP contribution in [0.15, 0.2) is 42.5 Å². The fourth-order valence-corrected chi connectivity index (χ4v) is 3.23. The molecule has 1 heterocycles. The van der Waals surface area contributed by atoms with Crippen molar-refractivity contribution in [3.63, 3.8) is 0 Å². The first-order chi connectivity index (χ1) is 15.3. The van der Waals surface area contributed by atoms with E-state index < -0.39 is 24.2 Å². The van der Waals surface area contributed by atoms with E-state index in [1.807, 2.05) is 13.8 Å². The quantitative estimate of drug-likeness (QED) is 0.524. The van der Waals surface area contributed by atoms with E-state index in [0.29, 0.717) is 17.3 Å². The van der Waals surface area contributed by atoms with Gasteiger partial charge in [-0.15, -0.1) is 0 Å². The van der Waals surface area contributed by atoms with Crippen LogP contribution in [0.1, 0.15) is 19.4 Å². The van der Waals surface area contributed by atoms with Gasteiger partial charge in [0.05, 0.1) is 26.3 Å². The fraction of sp³-hybridized carbons (Fsp3) is 0.364. The minimum Gasteiger partial charge on any atom is -0.490 e. The Morgan fingerprint density at radius 2 is 1.94 bits per heavy atom. The Bertz CT molecular complexity index is 957. The number of nitrogens with zero attached hydrogens (tertiary/aromatic N) is 2. The van der Waals surface area contributed by atoms with E-state index in [9.17, 15) is 19.1 Å². The van der Waals surface area contributed by atoms with Crippen LogP contribution in [0.4, 0.5) is 19.7 Å². The van der Waals surface area contributed by atoms with E-state index in [4.69, 9.17) is 16.3 Å². The van der Waals surface area contributed by atoms with Crippen LogP contribution in [0, 0.1) is 11.7 Å². The number of urea groups is 2. The van der Waals surface area contributed by atoms with Crippen molar-refractivity contribution in [3.05, 3.63) is 58.9 Å². The van der Waals surface area contributed by atoms with Crippen LogP contribution in [0.25, 0.3) is 0 Å². The number of anilines is 1. The average Bonchev–Trinajstić information content (AvgIpc) is 2.74. The highest BCUT2D eigenvalue weighted by Crippen LogP contribution is 2.24. The number of benzene rings is 2. The van der Waals surface area contributed by atoms with Crippen LogP contribution in [0.2, 0.25) is 5.02 Å². The lowest BCUT2D eigenvalue weighted by atomic mass is 10.2. The predicted molar refractivity (Wildman–Crippen MR) is 119 cm³/mol. The molecule has 32 heavy (non-hydrogen) atoms. The largest absolute Gasteiger partial charge is 0.490 e. The van der Waals surface area contributed by atoms with E-state index in [1.165, 1.54) is 17.0 Å². The van der Waals surface area contributed by atoms with Crippen LogP contribution in [-0.4, -0.2) is 53.0 Å². The molecular formula is C22H26ClFN4O4. The molecule has 1 aliphatic heterocycles. The van der Waals surface area contributed by atoms with Gasteiger partial charge < -0.3 is 15.2 Å². The average molecular weight is 465 g/mol. The third-order valence-electron chi connectivity index (χ3n) is 4.69. The van der Waals surface area contributed by atoms with Crippen molar-refractivity contribution in [2.24, 2.45) is 5.92 Å². The molecule has 0 saturated carbocycles. The molecule has 1 atom stereocenters. The minimum absolute atomic E-state index is 0.125. The molecule has 10 heteroatoms. The highest BCUT2D eigenvalue weighted by molar-refractivity contribution is 6.30. The number of nitrogens with one attached hydrogen (secondary N) is 2. The zero-order valence-corrected chi connectivity index (χ0v) is 18.6. The summed E-state index contributed by atoms with van der Waals surface area (Å²) in [5.74, 6) is -0.186. The van der Waals surface area contributed by atoms with Gasteiger partial charge in [0.15, 0.2) is 17.9 Å². The van der Waals surface area contributed by atoms with Gasteiger partial charge in [0, 0.05) is 16.8 Å². The Morgan fingerprint density at radius 3 is 2.56 bits per heavy atom. The first-order valence-corrected chi connectivity index (χ1v) is 10.6. The Morgan fingerprint density at radius 1 is 1.22 bits per heavy atom. The van der Waals surface area contributed by atoms with Gasteiger partial charge in [-0.2, -0.15) is 0 Å². The predicted octanol–water partition coefficient (Wildman–Crippen LogP) is 3.85. The number of β-amino-alcohol motifs (C(OH)–C–C–N with tert-alkyl or cyclic N) is 1. The first-order valence-electron chi connectivity index (χ1n) is 10.2. The lowest BCUT2D eigenvalue weighted by Crippen LogP contribution is -2.67. The smallest absolute Gasteiger partial charge is 0.331 e. The standard InChI is InChI=1S/C22H26ClFN4O4/c1-14(2)13-32-19-8-7-17(11-18(19)24)25-20-26-21(30)27(9-10-29)22(31)28(20)12-15-3-5-16(23)6-4-15/h3-8,11,14,20,25,29H,9-10,12-13H2,1-2H3,(H,26,30). The van der Waals surface area contributed by atoms with Crippen molar-refractivity contribution in [1.29, 1.82) is 0 Å². The number of hydrogen-bond donors (Lipinski definition) is 3. The molecule has 2 aromatic carbocycles. The number of carbonyl (C=O) groups excluding carboxylic acids is 2. The summed E-state index contributed by atoms with van der Waals surface area (Å²) in [6.45, 7) is 3.94. The Kier molecular flexibility index (Phi) is 7.76. The Hall–Kier alpha value is -3.04. The third-order valence-corrected chi connectivity index (χ3v) is 4.94. The molecule has 2 aromatic rings. The van der Waals surface area contributed by atoms with Crippen LogP contribution >= 0.6 is 11.6 Å². The molecule has 1 fully saturated rings. The highest BCUT2D eigenvalue weighted by atomic mass is 35.5. The summed E-state index contributed by atoms with van der Waals surface area (Å²) in [5.41, 5.74) is 1.13. The molecule has 8 nitrogen and oxygen atoms in total. The molecule has 0 spiro atoms. The molecule has 1 saturated heterocycles. The number of amides is 4. The highest BCUT2D eigenvalue weighted by Gasteiger charge is 2.38. The van der Waals surface area contributed by atoms with Crippen molar-refractivity contribution >= 4 is 29.4 Å². The summed E-state index contributed by atoms with van der Waals surface area (Å²) in [7, 11) is 0. The molecule has 3 rings (SSSR count). The molecular weight excluding hydrogens is 439 g/mol. The number of halogens is 2. The minimum atomic E-state index is -0.942. The van der Waals surface area contributed by atoms with Gasteiger partial charge in [0.1, 0.15) is 0 Å². The van der Waals surface area contributed by atoms with Crippen LogP contribution < -0.4 is 15.4 Å². The van der Waals surface area contributed by atoms with Gasteiger partial charge in [-0.05, 0) is 35.7 Å².